The summed E-state index contributed by atoms with van der Waals surface area (Å²) in [5.74, 6) is 4.72. The monoisotopic (exact) mass is 406 g/mol. The summed E-state index contributed by atoms with van der Waals surface area (Å²) in [5, 5.41) is 2.67. The predicted molar refractivity (Wildman–Crippen MR) is 135 cm³/mol. The Bertz CT molecular complexity index is 1070. The molecule has 4 aromatic rings. The summed E-state index contributed by atoms with van der Waals surface area (Å²) in [6.45, 7) is 1.55. The van der Waals surface area contributed by atoms with Gasteiger partial charge in [0.05, 0.1) is 0 Å². The van der Waals surface area contributed by atoms with Gasteiger partial charge in [0.1, 0.15) is 0 Å². The topological polar surface area (TPSA) is 0 Å². The quantitative estimate of drug-likeness (QED) is 0.285. The Morgan fingerprint density at radius 3 is 1.47 bits per heavy atom. The summed E-state index contributed by atoms with van der Waals surface area (Å²) in [4.78, 5) is 0. The average Bonchev–Trinajstić information content (AvgIpc) is 2.84. The van der Waals surface area contributed by atoms with E-state index in [1.54, 1.807) is 0 Å². The summed E-state index contributed by atoms with van der Waals surface area (Å²) in [6, 6.07) is 43.2. The van der Waals surface area contributed by atoms with Gasteiger partial charge in [-0.25, -0.2) is 0 Å². The molecule has 0 aliphatic heterocycles. The van der Waals surface area contributed by atoms with Gasteiger partial charge in [-0.2, -0.15) is 0 Å². The van der Waals surface area contributed by atoms with Crippen molar-refractivity contribution in [2.75, 3.05) is 0 Å². The number of rotatable bonds is 7. The predicted octanol–water partition coefficient (Wildman–Crippen LogP) is 7.21. The van der Waals surface area contributed by atoms with E-state index in [1.165, 1.54) is 21.7 Å². The molecule has 0 spiro atoms. The van der Waals surface area contributed by atoms with Crippen LogP contribution in [0.3, 0.4) is 0 Å². The second kappa shape index (κ2) is 8.66. The molecule has 0 amide bonds. The van der Waals surface area contributed by atoms with Crippen molar-refractivity contribution in [2.24, 2.45) is 0 Å². The molecule has 0 N–H and O–H groups in total. The molecule has 0 aliphatic rings. The zero-order valence-corrected chi connectivity index (χ0v) is 18.0. The van der Waals surface area contributed by atoms with Crippen molar-refractivity contribution >= 4 is 23.3 Å². The SMILES string of the molecule is C=CP(C=Cc1ccccc1)(Cc1ccccc1)(c1ccccc1)c1ccccc1. The van der Waals surface area contributed by atoms with Gasteiger partial charge in [-0.15, -0.1) is 0 Å². The molecule has 0 nitrogen and oxygen atoms in total. The molecule has 0 saturated heterocycles. The van der Waals surface area contributed by atoms with Crippen molar-refractivity contribution in [1.82, 2.24) is 0 Å². The molecule has 0 unspecified atom stereocenters. The first-order chi connectivity index (χ1) is 14.8. The van der Waals surface area contributed by atoms with Crippen molar-refractivity contribution in [1.29, 1.82) is 0 Å². The Morgan fingerprint density at radius 1 is 0.567 bits per heavy atom. The van der Waals surface area contributed by atoms with Gasteiger partial charge in [-0.05, 0) is 0 Å². The fourth-order valence-electron chi connectivity index (χ4n) is 4.25. The van der Waals surface area contributed by atoms with Gasteiger partial charge in [-0.1, -0.05) is 0 Å². The van der Waals surface area contributed by atoms with Crippen LogP contribution in [-0.2, 0) is 6.16 Å². The van der Waals surface area contributed by atoms with Gasteiger partial charge in [0.15, 0.2) is 0 Å². The van der Waals surface area contributed by atoms with Gasteiger partial charge in [0.2, 0.25) is 0 Å². The van der Waals surface area contributed by atoms with Crippen LogP contribution in [0, 0.1) is 0 Å². The van der Waals surface area contributed by atoms with Crippen LogP contribution in [0.2, 0.25) is 0 Å². The van der Waals surface area contributed by atoms with Crippen LogP contribution in [0.25, 0.3) is 6.08 Å². The maximum atomic E-state index is 4.47. The molecule has 30 heavy (non-hydrogen) atoms. The Balaban J connectivity index is 2.05. The van der Waals surface area contributed by atoms with Gasteiger partial charge in [-0.3, -0.25) is 0 Å². The van der Waals surface area contributed by atoms with Crippen molar-refractivity contribution in [3.05, 3.63) is 151 Å². The summed E-state index contributed by atoms with van der Waals surface area (Å²) in [7, 11) is 0. The van der Waals surface area contributed by atoms with Crippen LogP contribution in [0.1, 0.15) is 11.1 Å². The number of hydrogen-bond donors (Lipinski definition) is 0. The second-order valence-electron chi connectivity index (χ2n) is 7.68. The van der Waals surface area contributed by atoms with Crippen molar-refractivity contribution in [3.8, 4) is 0 Å². The standard InChI is InChI=1S/C29H27P/c1-2-30(28-19-11-5-12-20-28,29-21-13-6-14-22-29,25-27-17-9-4-10-18-27)24-23-26-15-7-3-8-16-26/h2-24H,1,25H2. The molecule has 0 aromatic heterocycles. The first-order valence-electron chi connectivity index (χ1n) is 10.3. The van der Waals surface area contributed by atoms with E-state index in [0.29, 0.717) is 0 Å². The number of benzene rings is 4. The van der Waals surface area contributed by atoms with E-state index in [4.69, 9.17) is 0 Å². The van der Waals surface area contributed by atoms with E-state index in [2.05, 4.69) is 146 Å². The average molecular weight is 407 g/mol. The summed E-state index contributed by atoms with van der Waals surface area (Å²) < 4.78 is 0. The molecule has 0 atom stereocenters. The molecule has 0 fully saturated rings. The fraction of sp³-hybridized carbons (Fsp3) is 0.0345. The van der Waals surface area contributed by atoms with Gasteiger partial charge >= 0.3 is 180 Å². The molecule has 0 bridgehead atoms. The van der Waals surface area contributed by atoms with Crippen molar-refractivity contribution in [3.63, 3.8) is 0 Å². The molecule has 1 heteroatoms. The molecular formula is C29H27P. The molecule has 0 aliphatic carbocycles. The van der Waals surface area contributed by atoms with E-state index >= 15 is 0 Å². The molecular weight excluding hydrogens is 379 g/mol. The maximum absolute atomic E-state index is 4.47. The van der Waals surface area contributed by atoms with Crippen molar-refractivity contribution < 1.29 is 0 Å². The minimum atomic E-state index is -2.92. The third-order valence-corrected chi connectivity index (χ3v) is 11.7. The first-order valence-corrected chi connectivity index (χ1v) is 12.9. The van der Waals surface area contributed by atoms with E-state index in [9.17, 15) is 0 Å². The van der Waals surface area contributed by atoms with Crippen LogP contribution in [0.4, 0.5) is 0 Å². The van der Waals surface area contributed by atoms with E-state index in [0.717, 1.165) is 6.16 Å². The Labute approximate surface area is 180 Å². The third-order valence-electron chi connectivity index (χ3n) is 5.92. The normalized spacial score (nSPS) is 12.9. The summed E-state index contributed by atoms with van der Waals surface area (Å²) in [6.07, 6.45) is 3.19. The molecule has 4 rings (SSSR count). The molecule has 0 saturated carbocycles. The van der Waals surface area contributed by atoms with Gasteiger partial charge < -0.3 is 0 Å². The van der Waals surface area contributed by atoms with Crippen LogP contribution < -0.4 is 10.6 Å². The van der Waals surface area contributed by atoms with E-state index in [1.807, 2.05) is 0 Å². The zero-order valence-electron chi connectivity index (χ0n) is 17.1. The Kier molecular flexibility index (Phi) is 5.79. The van der Waals surface area contributed by atoms with Gasteiger partial charge in [0, 0.05) is 0 Å². The molecule has 0 radical (unpaired) electrons. The van der Waals surface area contributed by atoms with E-state index < -0.39 is 6.60 Å². The first kappa shape index (κ1) is 20.1. The second-order valence-corrected chi connectivity index (χ2v) is 12.6. The van der Waals surface area contributed by atoms with Gasteiger partial charge in [0.25, 0.3) is 0 Å². The van der Waals surface area contributed by atoms with Crippen LogP contribution in [0.5, 0.6) is 0 Å². The fourth-order valence-corrected chi connectivity index (χ4v) is 9.30. The van der Waals surface area contributed by atoms with Crippen LogP contribution in [-0.4, -0.2) is 0 Å². The molecule has 148 valence electrons. The number of hydrogen-bond acceptors (Lipinski definition) is 0. The van der Waals surface area contributed by atoms with Crippen LogP contribution in [0.15, 0.2) is 140 Å². The minimum absolute atomic E-state index is 0.910. The van der Waals surface area contributed by atoms with E-state index in [-0.39, 0.29) is 0 Å². The Hall–Kier alpha value is -3.21. The summed E-state index contributed by atoms with van der Waals surface area (Å²) >= 11 is 0. The third kappa shape index (κ3) is 3.67. The van der Waals surface area contributed by atoms with Crippen molar-refractivity contribution in [2.45, 2.75) is 6.16 Å². The molecule has 0 heterocycles. The Morgan fingerprint density at radius 2 is 1.00 bits per heavy atom. The zero-order chi connectivity index (χ0) is 20.7. The summed E-state index contributed by atoms with van der Waals surface area (Å²) in [5.41, 5.74) is 2.52. The van der Waals surface area contributed by atoms with Crippen LogP contribution >= 0.6 is 6.60 Å². The molecule has 4 aromatic carbocycles.